The van der Waals surface area contributed by atoms with Crippen LogP contribution < -0.4 is 5.32 Å². The van der Waals surface area contributed by atoms with Gasteiger partial charge in [-0.15, -0.1) is 10.2 Å². The zero-order valence-corrected chi connectivity index (χ0v) is 12.1. The van der Waals surface area contributed by atoms with E-state index in [1.54, 1.807) is 23.0 Å². The average molecular weight is 297 g/mol. The summed E-state index contributed by atoms with van der Waals surface area (Å²) in [5, 5.41) is 11.8. The van der Waals surface area contributed by atoms with Crippen molar-refractivity contribution in [3.05, 3.63) is 35.1 Å². The average Bonchev–Trinajstić information content (AvgIpc) is 2.78. The van der Waals surface area contributed by atoms with E-state index >= 15 is 0 Å². The minimum Gasteiger partial charge on any atom is -0.325 e. The topological polar surface area (TPSA) is 59.8 Å². The minimum absolute atomic E-state index is 0.0987. The maximum atomic E-state index is 11.8. The fraction of sp³-hybridized carbons (Fsp3) is 0.250. The summed E-state index contributed by atoms with van der Waals surface area (Å²) in [6, 6.07) is 5.42. The van der Waals surface area contributed by atoms with E-state index in [0.717, 1.165) is 11.3 Å². The summed E-state index contributed by atoms with van der Waals surface area (Å²) in [5.41, 5.74) is 1.59. The van der Waals surface area contributed by atoms with Crippen molar-refractivity contribution in [2.75, 3.05) is 11.1 Å². The molecule has 0 saturated heterocycles. The van der Waals surface area contributed by atoms with Gasteiger partial charge in [0, 0.05) is 17.8 Å². The fourth-order valence-corrected chi connectivity index (χ4v) is 2.33. The predicted molar refractivity (Wildman–Crippen MR) is 76.5 cm³/mol. The summed E-state index contributed by atoms with van der Waals surface area (Å²) in [4.78, 5) is 11.8. The molecule has 1 aromatic carbocycles. The molecule has 0 aliphatic rings. The van der Waals surface area contributed by atoms with Crippen LogP contribution in [0.25, 0.3) is 0 Å². The second-order valence-corrected chi connectivity index (χ2v) is 5.32. The Morgan fingerprint density at radius 2 is 2.32 bits per heavy atom. The van der Waals surface area contributed by atoms with Crippen molar-refractivity contribution in [2.45, 2.75) is 12.1 Å². The first-order valence-electron chi connectivity index (χ1n) is 5.59. The van der Waals surface area contributed by atoms with Gasteiger partial charge in [-0.2, -0.15) is 0 Å². The lowest BCUT2D eigenvalue weighted by atomic mass is 10.2. The summed E-state index contributed by atoms with van der Waals surface area (Å²) in [7, 11) is 1.83. The zero-order valence-electron chi connectivity index (χ0n) is 10.6. The molecule has 0 fully saturated rings. The summed E-state index contributed by atoms with van der Waals surface area (Å²) in [5.74, 6) is 0.178. The molecule has 0 saturated carbocycles. The van der Waals surface area contributed by atoms with Crippen LogP contribution in [-0.4, -0.2) is 26.4 Å². The Balaban J connectivity index is 1.95. The SMILES string of the molecule is Cc1c(Cl)cccc1NC(=O)CSc1nncn1C. The summed E-state index contributed by atoms with van der Waals surface area (Å²) >= 11 is 7.33. The third kappa shape index (κ3) is 3.48. The van der Waals surface area contributed by atoms with Gasteiger partial charge in [-0.3, -0.25) is 4.79 Å². The standard InChI is InChI=1S/C12H13ClN4OS/c1-8-9(13)4-3-5-10(8)15-11(18)6-19-12-16-14-7-17(12)2/h3-5,7H,6H2,1-2H3,(H,15,18). The Morgan fingerprint density at radius 3 is 3.00 bits per heavy atom. The largest absolute Gasteiger partial charge is 0.325 e. The first kappa shape index (κ1) is 13.9. The number of thioether (sulfide) groups is 1. The number of carbonyl (C=O) groups is 1. The quantitative estimate of drug-likeness (QED) is 0.881. The zero-order chi connectivity index (χ0) is 13.8. The van der Waals surface area contributed by atoms with Gasteiger partial charge < -0.3 is 9.88 Å². The van der Waals surface area contributed by atoms with E-state index in [4.69, 9.17) is 11.6 Å². The molecule has 100 valence electrons. The number of amides is 1. The van der Waals surface area contributed by atoms with Crippen LogP contribution in [0.1, 0.15) is 5.56 Å². The summed E-state index contributed by atoms with van der Waals surface area (Å²) in [6.07, 6.45) is 1.60. The number of hydrogen-bond donors (Lipinski definition) is 1. The number of benzene rings is 1. The number of nitrogens with one attached hydrogen (secondary N) is 1. The number of aromatic nitrogens is 3. The van der Waals surface area contributed by atoms with E-state index in [1.165, 1.54) is 11.8 Å². The van der Waals surface area contributed by atoms with Gasteiger partial charge in [0.2, 0.25) is 5.91 Å². The van der Waals surface area contributed by atoms with Crippen molar-refractivity contribution in [1.82, 2.24) is 14.8 Å². The summed E-state index contributed by atoms with van der Waals surface area (Å²) in [6.45, 7) is 1.87. The monoisotopic (exact) mass is 296 g/mol. The van der Waals surface area contributed by atoms with E-state index in [-0.39, 0.29) is 11.7 Å². The van der Waals surface area contributed by atoms with Gasteiger partial charge in [0.05, 0.1) is 5.75 Å². The maximum Gasteiger partial charge on any atom is 0.234 e. The van der Waals surface area contributed by atoms with Crippen molar-refractivity contribution in [1.29, 1.82) is 0 Å². The molecule has 0 radical (unpaired) electrons. The van der Waals surface area contributed by atoms with Crippen LogP contribution in [0.2, 0.25) is 5.02 Å². The van der Waals surface area contributed by atoms with E-state index in [2.05, 4.69) is 15.5 Å². The molecule has 0 aliphatic heterocycles. The minimum atomic E-state index is -0.0987. The molecular weight excluding hydrogens is 284 g/mol. The Bertz CT molecular complexity index is 599. The number of hydrogen-bond acceptors (Lipinski definition) is 4. The lowest BCUT2D eigenvalue weighted by Gasteiger charge is -2.09. The third-order valence-electron chi connectivity index (χ3n) is 2.54. The third-order valence-corrected chi connectivity index (χ3v) is 3.99. The molecule has 1 amide bonds. The Kier molecular flexibility index (Phi) is 4.44. The Hall–Kier alpha value is -1.53. The van der Waals surface area contributed by atoms with Gasteiger partial charge in [0.15, 0.2) is 5.16 Å². The number of carbonyl (C=O) groups excluding carboxylic acids is 1. The molecule has 0 spiro atoms. The van der Waals surface area contributed by atoms with Crippen LogP contribution in [0.15, 0.2) is 29.7 Å². The van der Waals surface area contributed by atoms with Crippen LogP contribution in [0.5, 0.6) is 0 Å². The molecular formula is C12H13ClN4OS. The molecule has 7 heteroatoms. The van der Waals surface area contributed by atoms with Crippen molar-refractivity contribution in [2.24, 2.45) is 7.05 Å². The Labute approximate surface area is 120 Å². The lowest BCUT2D eigenvalue weighted by molar-refractivity contribution is -0.113. The van der Waals surface area contributed by atoms with Crippen LogP contribution in [0.3, 0.4) is 0 Å². The van der Waals surface area contributed by atoms with Gasteiger partial charge in [-0.25, -0.2) is 0 Å². The molecule has 2 aromatic rings. The first-order chi connectivity index (χ1) is 9.08. The highest BCUT2D eigenvalue weighted by Crippen LogP contribution is 2.23. The molecule has 0 bridgehead atoms. The second-order valence-electron chi connectivity index (χ2n) is 3.97. The molecule has 1 aromatic heterocycles. The van der Waals surface area contributed by atoms with E-state index in [1.807, 2.05) is 20.0 Å². The molecule has 5 nitrogen and oxygen atoms in total. The lowest BCUT2D eigenvalue weighted by Crippen LogP contribution is -2.15. The van der Waals surface area contributed by atoms with Gasteiger partial charge in [0.25, 0.3) is 0 Å². The van der Waals surface area contributed by atoms with Crippen LogP contribution in [0.4, 0.5) is 5.69 Å². The molecule has 0 unspecified atom stereocenters. The van der Waals surface area contributed by atoms with Gasteiger partial charge in [-0.05, 0) is 24.6 Å². The van der Waals surface area contributed by atoms with Crippen LogP contribution >= 0.6 is 23.4 Å². The highest BCUT2D eigenvalue weighted by Gasteiger charge is 2.09. The highest BCUT2D eigenvalue weighted by molar-refractivity contribution is 7.99. The van der Waals surface area contributed by atoms with E-state index < -0.39 is 0 Å². The van der Waals surface area contributed by atoms with Gasteiger partial charge in [-0.1, -0.05) is 29.4 Å². The van der Waals surface area contributed by atoms with Crippen LogP contribution in [0, 0.1) is 6.92 Å². The number of halogens is 1. The number of nitrogens with zero attached hydrogens (tertiary/aromatic N) is 3. The van der Waals surface area contributed by atoms with Gasteiger partial charge >= 0.3 is 0 Å². The molecule has 0 aliphatic carbocycles. The maximum absolute atomic E-state index is 11.8. The second kappa shape index (κ2) is 6.08. The molecule has 1 heterocycles. The van der Waals surface area contributed by atoms with E-state index in [9.17, 15) is 4.79 Å². The molecule has 1 N–H and O–H groups in total. The van der Waals surface area contributed by atoms with Crippen molar-refractivity contribution >= 4 is 35.0 Å². The normalized spacial score (nSPS) is 10.5. The Morgan fingerprint density at radius 1 is 1.53 bits per heavy atom. The number of anilines is 1. The molecule has 2 rings (SSSR count). The smallest absolute Gasteiger partial charge is 0.234 e. The summed E-state index contributed by atoms with van der Waals surface area (Å²) < 4.78 is 1.77. The molecule has 0 atom stereocenters. The van der Waals surface area contributed by atoms with Crippen LogP contribution in [-0.2, 0) is 11.8 Å². The number of rotatable bonds is 4. The van der Waals surface area contributed by atoms with Crippen molar-refractivity contribution in [3.8, 4) is 0 Å². The predicted octanol–water partition coefficient (Wildman–Crippen LogP) is 2.51. The van der Waals surface area contributed by atoms with E-state index in [0.29, 0.717) is 10.2 Å². The highest BCUT2D eigenvalue weighted by atomic mass is 35.5. The van der Waals surface area contributed by atoms with Gasteiger partial charge in [0.1, 0.15) is 6.33 Å². The van der Waals surface area contributed by atoms with Crippen molar-refractivity contribution in [3.63, 3.8) is 0 Å². The number of aryl methyl sites for hydroxylation is 1. The van der Waals surface area contributed by atoms with Crippen molar-refractivity contribution < 1.29 is 4.79 Å². The molecule has 19 heavy (non-hydrogen) atoms. The first-order valence-corrected chi connectivity index (χ1v) is 6.96. The fourth-order valence-electron chi connectivity index (χ4n) is 1.46.